The number of rotatable bonds is 8. The second kappa shape index (κ2) is 8.57. The van der Waals surface area contributed by atoms with Crippen LogP contribution in [0.2, 0.25) is 0 Å². The monoisotopic (exact) mass is 328 g/mol. The van der Waals surface area contributed by atoms with Crippen LogP contribution >= 0.6 is 0 Å². The molecule has 0 aromatic heterocycles. The van der Waals surface area contributed by atoms with E-state index in [1.165, 1.54) is 0 Å². The molecule has 2 aromatic carbocycles. The number of carbonyl (C=O) groups excluding carboxylic acids is 2. The third kappa shape index (κ3) is 5.01. The lowest BCUT2D eigenvalue weighted by molar-refractivity contribution is -0.123. The summed E-state index contributed by atoms with van der Waals surface area (Å²) in [7, 11) is 0. The molecule has 0 bridgehead atoms. The maximum absolute atomic E-state index is 11.9. The third-order valence-corrected chi connectivity index (χ3v) is 3.24. The van der Waals surface area contributed by atoms with Crippen LogP contribution in [0, 0.1) is 0 Å². The zero-order chi connectivity index (χ0) is 17.4. The van der Waals surface area contributed by atoms with E-state index in [2.05, 4.69) is 5.32 Å². The van der Waals surface area contributed by atoms with Gasteiger partial charge in [0.1, 0.15) is 0 Å². The van der Waals surface area contributed by atoms with Crippen molar-refractivity contribution in [2.24, 2.45) is 5.73 Å². The molecule has 0 aliphatic rings. The summed E-state index contributed by atoms with van der Waals surface area (Å²) >= 11 is 0. The van der Waals surface area contributed by atoms with Crippen LogP contribution in [0.25, 0.3) is 0 Å². The van der Waals surface area contributed by atoms with Crippen molar-refractivity contribution in [3.05, 3.63) is 59.7 Å². The first-order chi connectivity index (χ1) is 11.6. The molecule has 6 nitrogen and oxygen atoms in total. The summed E-state index contributed by atoms with van der Waals surface area (Å²) in [6, 6.07) is 13.9. The summed E-state index contributed by atoms with van der Waals surface area (Å²) < 4.78 is 10.9. The predicted molar refractivity (Wildman–Crippen MR) is 89.9 cm³/mol. The quantitative estimate of drug-likeness (QED) is 0.774. The SMILES string of the molecule is CCOc1ccccc1OCC(=O)NCc1ccc(C(N)=O)cc1. The normalized spacial score (nSPS) is 10.0. The molecular formula is C18H20N2O4. The minimum absolute atomic E-state index is 0.108. The van der Waals surface area contributed by atoms with Gasteiger partial charge in [-0.3, -0.25) is 9.59 Å². The Hall–Kier alpha value is -3.02. The molecule has 6 heteroatoms. The van der Waals surface area contributed by atoms with Crippen molar-refractivity contribution >= 4 is 11.8 Å². The molecule has 2 rings (SSSR count). The van der Waals surface area contributed by atoms with Crippen LogP contribution in [-0.2, 0) is 11.3 Å². The molecular weight excluding hydrogens is 308 g/mol. The third-order valence-electron chi connectivity index (χ3n) is 3.24. The number of nitrogens with two attached hydrogens (primary N) is 1. The predicted octanol–water partition coefficient (Wildman–Crippen LogP) is 1.88. The minimum atomic E-state index is -0.480. The molecule has 0 spiro atoms. The topological polar surface area (TPSA) is 90.7 Å². The summed E-state index contributed by atoms with van der Waals surface area (Å²) in [4.78, 5) is 22.9. The van der Waals surface area contributed by atoms with Gasteiger partial charge in [0, 0.05) is 12.1 Å². The lowest BCUT2D eigenvalue weighted by atomic mass is 10.1. The Morgan fingerprint density at radius 3 is 2.21 bits per heavy atom. The van der Waals surface area contributed by atoms with Crippen molar-refractivity contribution in [2.75, 3.05) is 13.2 Å². The summed E-state index contributed by atoms with van der Waals surface area (Å²) in [6.07, 6.45) is 0. The van der Waals surface area contributed by atoms with E-state index in [1.807, 2.05) is 19.1 Å². The molecule has 0 saturated heterocycles. The highest BCUT2D eigenvalue weighted by Crippen LogP contribution is 2.26. The van der Waals surface area contributed by atoms with E-state index in [0.29, 0.717) is 30.2 Å². The number of ether oxygens (including phenoxy) is 2. The van der Waals surface area contributed by atoms with Gasteiger partial charge in [-0.2, -0.15) is 0 Å². The number of amides is 2. The number of para-hydroxylation sites is 2. The van der Waals surface area contributed by atoms with E-state index in [4.69, 9.17) is 15.2 Å². The Kier molecular flexibility index (Phi) is 6.19. The highest BCUT2D eigenvalue weighted by atomic mass is 16.5. The molecule has 3 N–H and O–H groups in total. The zero-order valence-electron chi connectivity index (χ0n) is 13.5. The molecule has 0 heterocycles. The molecule has 0 fully saturated rings. The number of benzene rings is 2. The van der Waals surface area contributed by atoms with Crippen LogP contribution in [0.5, 0.6) is 11.5 Å². The standard InChI is InChI=1S/C18H20N2O4/c1-2-23-15-5-3-4-6-16(15)24-12-17(21)20-11-13-7-9-14(10-8-13)18(19)22/h3-10H,2,11-12H2,1H3,(H2,19,22)(H,20,21). The van der Waals surface area contributed by atoms with Crippen LogP contribution in [0.3, 0.4) is 0 Å². The van der Waals surface area contributed by atoms with Crippen LogP contribution in [0.4, 0.5) is 0 Å². The highest BCUT2D eigenvalue weighted by molar-refractivity contribution is 5.92. The smallest absolute Gasteiger partial charge is 0.258 e. The first-order valence-electron chi connectivity index (χ1n) is 7.60. The summed E-state index contributed by atoms with van der Waals surface area (Å²) in [5, 5.41) is 2.75. The van der Waals surface area contributed by atoms with Crippen LogP contribution in [-0.4, -0.2) is 25.0 Å². The fraction of sp³-hybridized carbons (Fsp3) is 0.222. The van der Waals surface area contributed by atoms with E-state index in [0.717, 1.165) is 5.56 Å². The Morgan fingerprint density at radius 1 is 1.00 bits per heavy atom. The summed E-state index contributed by atoms with van der Waals surface area (Å²) in [5.74, 6) is 0.405. The minimum Gasteiger partial charge on any atom is -0.490 e. The average Bonchev–Trinajstić information content (AvgIpc) is 2.60. The number of carbonyl (C=O) groups is 2. The van der Waals surface area contributed by atoms with Crippen molar-refractivity contribution in [3.8, 4) is 11.5 Å². The lowest BCUT2D eigenvalue weighted by Crippen LogP contribution is -2.28. The van der Waals surface area contributed by atoms with E-state index in [1.54, 1.807) is 36.4 Å². The Balaban J connectivity index is 1.82. The number of hydrogen-bond donors (Lipinski definition) is 2. The van der Waals surface area contributed by atoms with Gasteiger partial charge in [0.05, 0.1) is 6.61 Å². The molecule has 0 aliphatic carbocycles. The van der Waals surface area contributed by atoms with Crippen molar-refractivity contribution in [2.45, 2.75) is 13.5 Å². The van der Waals surface area contributed by atoms with Crippen molar-refractivity contribution in [1.29, 1.82) is 0 Å². The Bertz CT molecular complexity index is 698. The van der Waals surface area contributed by atoms with Crippen LogP contribution in [0.1, 0.15) is 22.8 Å². The average molecular weight is 328 g/mol. The van der Waals surface area contributed by atoms with Crippen LogP contribution < -0.4 is 20.5 Å². The Labute approximate surface area is 140 Å². The van der Waals surface area contributed by atoms with Gasteiger partial charge in [-0.05, 0) is 36.8 Å². The zero-order valence-corrected chi connectivity index (χ0v) is 13.5. The Morgan fingerprint density at radius 2 is 1.62 bits per heavy atom. The summed E-state index contributed by atoms with van der Waals surface area (Å²) in [5.41, 5.74) is 6.47. The highest BCUT2D eigenvalue weighted by Gasteiger charge is 2.07. The molecule has 2 amide bonds. The molecule has 2 aromatic rings. The lowest BCUT2D eigenvalue weighted by Gasteiger charge is -2.11. The molecule has 126 valence electrons. The maximum atomic E-state index is 11.9. The van der Waals surface area contributed by atoms with Crippen LogP contribution in [0.15, 0.2) is 48.5 Å². The van der Waals surface area contributed by atoms with Crippen molar-refractivity contribution in [3.63, 3.8) is 0 Å². The number of hydrogen-bond acceptors (Lipinski definition) is 4. The second-order valence-electron chi connectivity index (χ2n) is 5.01. The van der Waals surface area contributed by atoms with Crippen molar-refractivity contribution in [1.82, 2.24) is 5.32 Å². The first-order valence-corrected chi connectivity index (χ1v) is 7.60. The molecule has 0 aliphatic heterocycles. The largest absolute Gasteiger partial charge is 0.490 e. The van der Waals surface area contributed by atoms with Gasteiger partial charge < -0.3 is 20.5 Å². The van der Waals surface area contributed by atoms with Gasteiger partial charge in [-0.25, -0.2) is 0 Å². The first kappa shape index (κ1) is 17.3. The van der Waals surface area contributed by atoms with Gasteiger partial charge in [-0.15, -0.1) is 0 Å². The molecule has 0 saturated carbocycles. The fourth-order valence-corrected chi connectivity index (χ4v) is 2.03. The fourth-order valence-electron chi connectivity index (χ4n) is 2.03. The number of nitrogens with one attached hydrogen (secondary N) is 1. The van der Waals surface area contributed by atoms with Crippen molar-refractivity contribution < 1.29 is 19.1 Å². The van der Waals surface area contributed by atoms with Gasteiger partial charge in [0.25, 0.3) is 5.91 Å². The summed E-state index contributed by atoms with van der Waals surface area (Å²) in [6.45, 7) is 2.64. The van der Waals surface area contributed by atoms with Gasteiger partial charge in [0.15, 0.2) is 18.1 Å². The van der Waals surface area contributed by atoms with E-state index < -0.39 is 5.91 Å². The van der Waals surface area contributed by atoms with E-state index >= 15 is 0 Å². The maximum Gasteiger partial charge on any atom is 0.258 e. The van der Waals surface area contributed by atoms with E-state index in [-0.39, 0.29) is 12.5 Å². The van der Waals surface area contributed by atoms with Gasteiger partial charge in [-0.1, -0.05) is 24.3 Å². The molecule has 0 unspecified atom stereocenters. The second-order valence-corrected chi connectivity index (χ2v) is 5.01. The van der Waals surface area contributed by atoms with Gasteiger partial charge in [0.2, 0.25) is 5.91 Å². The van der Waals surface area contributed by atoms with E-state index in [9.17, 15) is 9.59 Å². The molecule has 0 radical (unpaired) electrons. The number of primary amides is 1. The molecule has 24 heavy (non-hydrogen) atoms. The molecule has 0 atom stereocenters. The van der Waals surface area contributed by atoms with Gasteiger partial charge >= 0.3 is 0 Å².